The third-order valence-electron chi connectivity index (χ3n) is 12.3. The molecule has 0 amide bonds. The molecular formula is C53H102O6. The third-order valence-corrected chi connectivity index (χ3v) is 12.3. The van der Waals surface area contributed by atoms with Crippen LogP contribution in [0.5, 0.6) is 0 Å². The Labute approximate surface area is 368 Å². The summed E-state index contributed by atoms with van der Waals surface area (Å²) >= 11 is 0. The van der Waals surface area contributed by atoms with Gasteiger partial charge in [-0.15, -0.1) is 0 Å². The predicted octanol–water partition coefficient (Wildman–Crippen LogP) is 16.9. The van der Waals surface area contributed by atoms with Gasteiger partial charge in [-0.3, -0.25) is 14.4 Å². The molecule has 0 radical (unpaired) electrons. The highest BCUT2D eigenvalue weighted by Gasteiger charge is 2.19. The molecule has 0 saturated heterocycles. The van der Waals surface area contributed by atoms with E-state index in [4.69, 9.17) is 14.2 Å². The Kier molecular flexibility index (Phi) is 44.7. The molecular weight excluding hydrogens is 733 g/mol. The SMILES string of the molecule is CCCCCCCCCCCCCCCCCCCCCC(=O)O[C@@H](COC(=O)CCCCCCCCCCC(C)CC)COC(=O)CCCCCCCCCC(C)C. The summed E-state index contributed by atoms with van der Waals surface area (Å²) in [6.07, 6.45) is 46.7. The van der Waals surface area contributed by atoms with Crippen LogP contribution >= 0.6 is 0 Å². The lowest BCUT2D eigenvalue weighted by atomic mass is 9.99. The maximum atomic E-state index is 12.8. The molecule has 6 nitrogen and oxygen atoms in total. The summed E-state index contributed by atoms with van der Waals surface area (Å²) in [5, 5.41) is 0. The van der Waals surface area contributed by atoms with Crippen molar-refractivity contribution in [3.05, 3.63) is 0 Å². The quantitative estimate of drug-likeness (QED) is 0.0345. The predicted molar refractivity (Wildman–Crippen MR) is 252 cm³/mol. The Morgan fingerprint density at radius 3 is 0.966 bits per heavy atom. The van der Waals surface area contributed by atoms with Crippen molar-refractivity contribution in [2.45, 2.75) is 298 Å². The van der Waals surface area contributed by atoms with E-state index < -0.39 is 6.10 Å². The lowest BCUT2D eigenvalue weighted by molar-refractivity contribution is -0.167. The summed E-state index contributed by atoms with van der Waals surface area (Å²) in [6, 6.07) is 0. The van der Waals surface area contributed by atoms with E-state index in [1.165, 1.54) is 180 Å². The molecule has 0 aromatic rings. The normalized spacial score (nSPS) is 12.5. The summed E-state index contributed by atoms with van der Waals surface area (Å²) in [6.45, 7) is 11.3. The highest BCUT2D eigenvalue weighted by molar-refractivity contribution is 5.71. The van der Waals surface area contributed by atoms with E-state index >= 15 is 0 Å². The summed E-state index contributed by atoms with van der Waals surface area (Å²) in [4.78, 5) is 37.9. The maximum absolute atomic E-state index is 12.8. The first kappa shape index (κ1) is 57.4. The summed E-state index contributed by atoms with van der Waals surface area (Å²) < 4.78 is 16.8. The Morgan fingerprint density at radius 2 is 0.644 bits per heavy atom. The third kappa shape index (κ3) is 45.8. The average Bonchev–Trinajstić information content (AvgIpc) is 3.22. The first-order chi connectivity index (χ1) is 28.8. The molecule has 0 aliphatic heterocycles. The van der Waals surface area contributed by atoms with Gasteiger partial charge in [-0.05, 0) is 31.1 Å². The number of hydrogen-bond acceptors (Lipinski definition) is 6. The van der Waals surface area contributed by atoms with Gasteiger partial charge in [0, 0.05) is 19.3 Å². The molecule has 0 aliphatic carbocycles. The number of carbonyl (C=O) groups is 3. The summed E-state index contributed by atoms with van der Waals surface area (Å²) in [7, 11) is 0. The van der Waals surface area contributed by atoms with Crippen LogP contribution < -0.4 is 0 Å². The molecule has 0 aromatic heterocycles. The Hall–Kier alpha value is -1.59. The van der Waals surface area contributed by atoms with Crippen molar-refractivity contribution >= 4 is 17.9 Å². The number of unbranched alkanes of at least 4 members (excludes halogenated alkanes) is 31. The first-order valence-corrected chi connectivity index (χ1v) is 26.3. The molecule has 0 aromatic carbocycles. The number of rotatable bonds is 47. The van der Waals surface area contributed by atoms with Gasteiger partial charge in [0.05, 0.1) is 0 Å². The Bertz CT molecular complexity index is 902. The van der Waals surface area contributed by atoms with Crippen molar-refractivity contribution in [2.75, 3.05) is 13.2 Å². The van der Waals surface area contributed by atoms with Gasteiger partial charge in [0.1, 0.15) is 13.2 Å². The van der Waals surface area contributed by atoms with Gasteiger partial charge in [-0.25, -0.2) is 0 Å². The van der Waals surface area contributed by atoms with E-state index in [-0.39, 0.29) is 31.1 Å². The molecule has 0 aliphatic rings. The number of hydrogen-bond donors (Lipinski definition) is 0. The van der Waals surface area contributed by atoms with Crippen LogP contribution in [0.2, 0.25) is 0 Å². The molecule has 0 spiro atoms. The van der Waals surface area contributed by atoms with Crippen LogP contribution in [0.4, 0.5) is 0 Å². The lowest BCUT2D eigenvalue weighted by Crippen LogP contribution is -2.30. The average molecular weight is 835 g/mol. The van der Waals surface area contributed by atoms with Crippen molar-refractivity contribution in [1.82, 2.24) is 0 Å². The molecule has 2 atom stereocenters. The van der Waals surface area contributed by atoms with Crippen LogP contribution in [0, 0.1) is 11.8 Å². The Balaban J connectivity index is 4.26. The summed E-state index contributed by atoms with van der Waals surface area (Å²) in [5.74, 6) is 0.776. The van der Waals surface area contributed by atoms with E-state index in [1.54, 1.807) is 0 Å². The lowest BCUT2D eigenvalue weighted by Gasteiger charge is -2.18. The van der Waals surface area contributed by atoms with Gasteiger partial charge in [0.15, 0.2) is 6.10 Å². The second-order valence-electron chi connectivity index (χ2n) is 18.9. The van der Waals surface area contributed by atoms with Crippen molar-refractivity contribution < 1.29 is 28.6 Å². The van der Waals surface area contributed by atoms with Crippen LogP contribution in [0.25, 0.3) is 0 Å². The van der Waals surface area contributed by atoms with Gasteiger partial charge in [-0.1, -0.05) is 253 Å². The highest BCUT2D eigenvalue weighted by atomic mass is 16.6. The zero-order valence-electron chi connectivity index (χ0n) is 40.4. The van der Waals surface area contributed by atoms with Crippen molar-refractivity contribution in [3.8, 4) is 0 Å². The molecule has 0 heterocycles. The molecule has 6 heteroatoms. The molecule has 0 bridgehead atoms. The standard InChI is InChI=1S/C53H102O6/c1-6-8-9-10-11-12-13-14-15-16-17-18-19-20-21-22-29-35-40-45-53(56)59-50(47-58-52(55)44-39-34-30-25-26-31-36-41-48(3)4)46-57-51(54)43-38-33-28-24-23-27-32-37-42-49(5)7-2/h48-50H,6-47H2,1-5H3/t49?,50-/m0/s1. The summed E-state index contributed by atoms with van der Waals surface area (Å²) in [5.41, 5.74) is 0. The zero-order chi connectivity index (χ0) is 43.3. The molecule has 0 fully saturated rings. The number of esters is 3. The minimum absolute atomic E-state index is 0.0650. The molecule has 350 valence electrons. The van der Waals surface area contributed by atoms with Crippen LogP contribution in [0.3, 0.4) is 0 Å². The van der Waals surface area contributed by atoms with Gasteiger partial charge >= 0.3 is 17.9 Å². The van der Waals surface area contributed by atoms with Crippen molar-refractivity contribution in [2.24, 2.45) is 11.8 Å². The van der Waals surface area contributed by atoms with Crippen molar-refractivity contribution in [3.63, 3.8) is 0 Å². The maximum Gasteiger partial charge on any atom is 0.306 e. The molecule has 1 unspecified atom stereocenters. The minimum Gasteiger partial charge on any atom is -0.462 e. The van der Waals surface area contributed by atoms with Gasteiger partial charge in [0.25, 0.3) is 0 Å². The van der Waals surface area contributed by atoms with Crippen LogP contribution in [0.1, 0.15) is 291 Å². The monoisotopic (exact) mass is 835 g/mol. The van der Waals surface area contributed by atoms with Crippen LogP contribution in [-0.4, -0.2) is 37.2 Å². The second kappa shape index (κ2) is 45.9. The molecule has 0 N–H and O–H groups in total. The van der Waals surface area contributed by atoms with Crippen LogP contribution in [0.15, 0.2) is 0 Å². The van der Waals surface area contributed by atoms with Crippen molar-refractivity contribution in [1.29, 1.82) is 0 Å². The van der Waals surface area contributed by atoms with E-state index in [1.807, 2.05) is 0 Å². The number of ether oxygens (including phenoxy) is 3. The van der Waals surface area contributed by atoms with E-state index in [9.17, 15) is 14.4 Å². The first-order valence-electron chi connectivity index (χ1n) is 26.3. The molecule has 59 heavy (non-hydrogen) atoms. The topological polar surface area (TPSA) is 78.9 Å². The van der Waals surface area contributed by atoms with E-state index in [0.29, 0.717) is 19.3 Å². The fourth-order valence-electron chi connectivity index (χ4n) is 7.96. The van der Waals surface area contributed by atoms with E-state index in [0.717, 1.165) is 69.6 Å². The highest BCUT2D eigenvalue weighted by Crippen LogP contribution is 2.18. The number of carbonyl (C=O) groups excluding carboxylic acids is 3. The van der Waals surface area contributed by atoms with E-state index in [2.05, 4.69) is 34.6 Å². The smallest absolute Gasteiger partial charge is 0.306 e. The van der Waals surface area contributed by atoms with Crippen LogP contribution in [-0.2, 0) is 28.6 Å². The molecule has 0 saturated carbocycles. The minimum atomic E-state index is -0.762. The second-order valence-corrected chi connectivity index (χ2v) is 18.9. The van der Waals surface area contributed by atoms with Gasteiger partial charge < -0.3 is 14.2 Å². The fraction of sp³-hybridized carbons (Fsp3) is 0.943. The van der Waals surface area contributed by atoms with Gasteiger partial charge in [-0.2, -0.15) is 0 Å². The zero-order valence-corrected chi connectivity index (χ0v) is 40.4. The largest absolute Gasteiger partial charge is 0.462 e. The molecule has 0 rings (SSSR count). The van der Waals surface area contributed by atoms with Gasteiger partial charge in [0.2, 0.25) is 0 Å². The Morgan fingerprint density at radius 1 is 0.356 bits per heavy atom. The fourth-order valence-corrected chi connectivity index (χ4v) is 7.96.